The van der Waals surface area contributed by atoms with Gasteiger partial charge in [0.05, 0.1) is 17.9 Å². The van der Waals surface area contributed by atoms with Gasteiger partial charge in [0.1, 0.15) is 0 Å². The number of nitrogens with zero attached hydrogens (tertiary/aromatic N) is 2. The molecule has 0 saturated heterocycles. The zero-order valence-electron chi connectivity index (χ0n) is 7.60. The predicted molar refractivity (Wildman–Crippen MR) is 44.5 cm³/mol. The minimum Gasteiger partial charge on any atom is -0.303 e. The van der Waals surface area contributed by atoms with E-state index in [1.54, 1.807) is 6.92 Å². The average molecular weight is 205 g/mol. The number of nitrogens with one attached hydrogen (secondary N) is 1. The minimum absolute atomic E-state index is 0.0762. The molecule has 0 spiro atoms. The lowest BCUT2D eigenvalue weighted by molar-refractivity contribution is -0.125. The van der Waals surface area contributed by atoms with Crippen LogP contribution in [0.25, 0.3) is 0 Å². The molecule has 0 unspecified atom stereocenters. The fourth-order valence-corrected chi connectivity index (χ4v) is 0.843. The second-order valence-corrected chi connectivity index (χ2v) is 2.87. The second kappa shape index (κ2) is 4.36. The number of rotatable bonds is 3. The van der Waals surface area contributed by atoms with Crippen molar-refractivity contribution in [2.24, 2.45) is 0 Å². The fourth-order valence-electron chi connectivity index (χ4n) is 0.843. The molecule has 0 aliphatic rings. The number of aryl methyl sites for hydroxylation is 1. The standard InChI is InChI=1S/C8H10F3N3/c1-6-2-14-7(4-13-6)3-12-5-8(9,10)11/h2,4,12H,3,5H2,1H3. The lowest BCUT2D eigenvalue weighted by Gasteiger charge is -2.07. The summed E-state index contributed by atoms with van der Waals surface area (Å²) < 4.78 is 35.2. The van der Waals surface area contributed by atoms with Crippen molar-refractivity contribution in [3.63, 3.8) is 0 Å². The van der Waals surface area contributed by atoms with Crippen LogP contribution in [0.15, 0.2) is 12.4 Å². The van der Waals surface area contributed by atoms with Crippen molar-refractivity contribution in [1.82, 2.24) is 15.3 Å². The molecule has 0 aromatic carbocycles. The van der Waals surface area contributed by atoms with Gasteiger partial charge in [-0.05, 0) is 6.92 Å². The Balaban J connectivity index is 2.35. The Hall–Kier alpha value is -1.17. The van der Waals surface area contributed by atoms with Crippen molar-refractivity contribution in [1.29, 1.82) is 0 Å². The first-order valence-corrected chi connectivity index (χ1v) is 4.02. The van der Waals surface area contributed by atoms with Crippen LogP contribution >= 0.6 is 0 Å². The quantitative estimate of drug-likeness (QED) is 0.811. The van der Waals surface area contributed by atoms with Gasteiger partial charge in [0.25, 0.3) is 0 Å². The highest BCUT2D eigenvalue weighted by Gasteiger charge is 2.26. The first-order valence-electron chi connectivity index (χ1n) is 4.02. The number of alkyl halides is 3. The van der Waals surface area contributed by atoms with Gasteiger partial charge in [-0.15, -0.1) is 0 Å². The molecule has 78 valence electrons. The monoisotopic (exact) mass is 205 g/mol. The van der Waals surface area contributed by atoms with Crippen molar-refractivity contribution in [3.8, 4) is 0 Å². The first kappa shape index (κ1) is 10.9. The van der Waals surface area contributed by atoms with Crippen molar-refractivity contribution in [2.45, 2.75) is 19.6 Å². The molecule has 0 atom stereocenters. The molecule has 0 bridgehead atoms. The highest BCUT2D eigenvalue weighted by Crippen LogP contribution is 2.12. The smallest absolute Gasteiger partial charge is 0.303 e. The Morgan fingerprint density at radius 1 is 1.29 bits per heavy atom. The van der Waals surface area contributed by atoms with Crippen LogP contribution in [-0.2, 0) is 6.54 Å². The normalized spacial score (nSPS) is 11.7. The third-order valence-electron chi connectivity index (χ3n) is 1.47. The van der Waals surface area contributed by atoms with E-state index in [1.807, 2.05) is 0 Å². The zero-order chi connectivity index (χ0) is 10.6. The molecule has 0 aliphatic heterocycles. The van der Waals surface area contributed by atoms with Gasteiger partial charge in [-0.2, -0.15) is 13.2 Å². The number of hydrogen-bond acceptors (Lipinski definition) is 3. The van der Waals surface area contributed by atoms with E-state index in [-0.39, 0.29) is 6.54 Å². The Morgan fingerprint density at radius 3 is 2.50 bits per heavy atom. The summed E-state index contributed by atoms with van der Waals surface area (Å²) in [6.45, 7) is 0.829. The van der Waals surface area contributed by atoms with Crippen LogP contribution in [0.5, 0.6) is 0 Å². The average Bonchev–Trinajstić information content (AvgIpc) is 2.06. The summed E-state index contributed by atoms with van der Waals surface area (Å²) in [6, 6.07) is 0. The number of hydrogen-bond donors (Lipinski definition) is 1. The van der Waals surface area contributed by atoms with Crippen molar-refractivity contribution >= 4 is 0 Å². The molecular weight excluding hydrogens is 195 g/mol. The molecular formula is C8H10F3N3. The molecule has 1 aromatic rings. The van der Waals surface area contributed by atoms with Gasteiger partial charge < -0.3 is 5.32 Å². The van der Waals surface area contributed by atoms with E-state index in [0.717, 1.165) is 5.69 Å². The summed E-state index contributed by atoms with van der Waals surface area (Å²) in [5.41, 5.74) is 1.24. The van der Waals surface area contributed by atoms with Crippen LogP contribution in [0, 0.1) is 6.92 Å². The van der Waals surface area contributed by atoms with E-state index in [1.165, 1.54) is 12.4 Å². The topological polar surface area (TPSA) is 37.8 Å². The second-order valence-electron chi connectivity index (χ2n) is 2.87. The Bertz CT molecular complexity index is 281. The predicted octanol–water partition coefficient (Wildman–Crippen LogP) is 1.44. The van der Waals surface area contributed by atoms with Gasteiger partial charge in [-0.25, -0.2) is 0 Å². The maximum absolute atomic E-state index is 11.7. The molecule has 1 heterocycles. The highest BCUT2D eigenvalue weighted by molar-refractivity contribution is 5.00. The molecule has 1 N–H and O–H groups in total. The first-order chi connectivity index (χ1) is 6.47. The van der Waals surface area contributed by atoms with Gasteiger partial charge in [0.2, 0.25) is 0 Å². The molecule has 1 aromatic heterocycles. The van der Waals surface area contributed by atoms with E-state index in [4.69, 9.17) is 0 Å². The maximum Gasteiger partial charge on any atom is 0.401 e. The molecule has 3 nitrogen and oxygen atoms in total. The van der Waals surface area contributed by atoms with Crippen LogP contribution in [0.3, 0.4) is 0 Å². The van der Waals surface area contributed by atoms with Crippen LogP contribution < -0.4 is 5.32 Å². The minimum atomic E-state index is -4.18. The van der Waals surface area contributed by atoms with Crippen molar-refractivity contribution in [2.75, 3.05) is 6.54 Å². The molecule has 0 saturated carbocycles. The number of aromatic nitrogens is 2. The molecule has 0 radical (unpaired) electrons. The van der Waals surface area contributed by atoms with E-state index in [9.17, 15) is 13.2 Å². The molecule has 0 fully saturated rings. The van der Waals surface area contributed by atoms with Crippen LogP contribution in [0.2, 0.25) is 0 Å². The summed E-state index contributed by atoms with van der Waals surface area (Å²) >= 11 is 0. The van der Waals surface area contributed by atoms with Gasteiger partial charge >= 0.3 is 6.18 Å². The lowest BCUT2D eigenvalue weighted by atomic mass is 10.4. The van der Waals surface area contributed by atoms with Crippen LogP contribution in [0.1, 0.15) is 11.4 Å². The van der Waals surface area contributed by atoms with Crippen LogP contribution in [-0.4, -0.2) is 22.7 Å². The molecule has 0 aliphatic carbocycles. The lowest BCUT2D eigenvalue weighted by Crippen LogP contribution is -2.28. The Morgan fingerprint density at radius 2 is 2.00 bits per heavy atom. The molecule has 1 rings (SSSR count). The summed E-state index contributed by atoms with van der Waals surface area (Å²) in [4.78, 5) is 7.82. The summed E-state index contributed by atoms with van der Waals surface area (Å²) in [7, 11) is 0. The number of halogens is 3. The summed E-state index contributed by atoms with van der Waals surface area (Å²) in [5, 5.41) is 2.23. The fraction of sp³-hybridized carbons (Fsp3) is 0.500. The third-order valence-corrected chi connectivity index (χ3v) is 1.47. The van der Waals surface area contributed by atoms with E-state index >= 15 is 0 Å². The Labute approximate surface area is 79.4 Å². The highest BCUT2D eigenvalue weighted by atomic mass is 19.4. The summed E-state index contributed by atoms with van der Waals surface area (Å²) in [6.07, 6.45) is -1.21. The van der Waals surface area contributed by atoms with Crippen molar-refractivity contribution in [3.05, 3.63) is 23.8 Å². The summed E-state index contributed by atoms with van der Waals surface area (Å²) in [5.74, 6) is 0. The molecule has 14 heavy (non-hydrogen) atoms. The molecule has 0 amide bonds. The third kappa shape index (κ3) is 4.18. The van der Waals surface area contributed by atoms with Crippen molar-refractivity contribution < 1.29 is 13.2 Å². The SMILES string of the molecule is Cc1cnc(CNCC(F)(F)F)cn1. The van der Waals surface area contributed by atoms with Crippen LogP contribution in [0.4, 0.5) is 13.2 Å². The Kier molecular flexibility index (Phi) is 3.40. The van der Waals surface area contributed by atoms with Gasteiger partial charge in [-0.1, -0.05) is 0 Å². The van der Waals surface area contributed by atoms with Gasteiger partial charge in [-0.3, -0.25) is 9.97 Å². The van der Waals surface area contributed by atoms with E-state index in [2.05, 4.69) is 15.3 Å². The van der Waals surface area contributed by atoms with Gasteiger partial charge in [0, 0.05) is 18.9 Å². The largest absolute Gasteiger partial charge is 0.401 e. The molecule has 6 heteroatoms. The van der Waals surface area contributed by atoms with E-state index < -0.39 is 12.7 Å². The van der Waals surface area contributed by atoms with Gasteiger partial charge in [0.15, 0.2) is 0 Å². The van der Waals surface area contributed by atoms with E-state index in [0.29, 0.717) is 5.69 Å². The zero-order valence-corrected chi connectivity index (χ0v) is 7.60. The maximum atomic E-state index is 11.7.